The van der Waals surface area contributed by atoms with Gasteiger partial charge in [0.1, 0.15) is 0 Å². The van der Waals surface area contributed by atoms with E-state index >= 15 is 0 Å². The van der Waals surface area contributed by atoms with Gasteiger partial charge in [-0.15, -0.1) is 0 Å². The van der Waals surface area contributed by atoms with Crippen LogP contribution in [-0.4, -0.2) is 12.8 Å². The Morgan fingerprint density at radius 1 is 1.17 bits per heavy atom. The Morgan fingerprint density at radius 2 is 1.89 bits per heavy atom. The van der Waals surface area contributed by atoms with Crippen molar-refractivity contribution in [2.45, 2.75) is 33.2 Å². The van der Waals surface area contributed by atoms with Gasteiger partial charge in [-0.2, -0.15) is 0 Å². The summed E-state index contributed by atoms with van der Waals surface area (Å²) in [5, 5.41) is 3.54. The predicted octanol–water partition coefficient (Wildman–Crippen LogP) is 3.55. The summed E-state index contributed by atoms with van der Waals surface area (Å²) in [6.45, 7) is 5.49. The third-order valence-corrected chi connectivity index (χ3v) is 3.32. The van der Waals surface area contributed by atoms with Crippen molar-refractivity contribution in [2.24, 2.45) is 10.4 Å². The smallest absolute Gasteiger partial charge is 0.0397 e. The van der Waals surface area contributed by atoms with Crippen LogP contribution in [0.15, 0.2) is 47.1 Å². The molecule has 0 fully saturated rings. The van der Waals surface area contributed by atoms with Crippen molar-refractivity contribution in [1.82, 2.24) is 5.32 Å². The number of hydrogen-bond acceptors (Lipinski definition) is 2. The van der Waals surface area contributed by atoms with Crippen molar-refractivity contribution < 1.29 is 0 Å². The Kier molecular flexibility index (Phi) is 3.85. The normalized spacial score (nSPS) is 20.6. The number of hydrogen-bond donors (Lipinski definition) is 1. The zero-order valence-electron chi connectivity index (χ0n) is 11.5. The van der Waals surface area contributed by atoms with Gasteiger partial charge >= 0.3 is 0 Å². The van der Waals surface area contributed by atoms with Crippen LogP contribution in [0, 0.1) is 5.41 Å². The molecule has 0 unspecified atom stereocenters. The largest absolute Gasteiger partial charge is 0.384 e. The number of nitrogens with one attached hydrogen (secondary N) is 1. The molecule has 0 spiro atoms. The third-order valence-electron chi connectivity index (χ3n) is 3.32. The topological polar surface area (TPSA) is 24.4 Å². The quantitative estimate of drug-likeness (QED) is 0.861. The molecule has 1 N–H and O–H groups in total. The van der Waals surface area contributed by atoms with Crippen LogP contribution in [0.25, 0.3) is 0 Å². The van der Waals surface area contributed by atoms with E-state index in [9.17, 15) is 0 Å². The van der Waals surface area contributed by atoms with E-state index in [1.807, 2.05) is 13.1 Å². The van der Waals surface area contributed by atoms with Crippen LogP contribution < -0.4 is 5.32 Å². The molecular formula is C16H22N2. The average molecular weight is 242 g/mol. The molecule has 0 bridgehead atoms. The number of aliphatic imine (C=N–C) groups is 1. The van der Waals surface area contributed by atoms with Gasteiger partial charge in [0.15, 0.2) is 0 Å². The standard InChI is InChI=1S/C16H22N2/c1-16(2)10-14(17-3)9-15(11-16)18-12-13-7-5-4-6-8-13/h4-9,18H,10-12H2,1-3H3. The zero-order valence-corrected chi connectivity index (χ0v) is 11.5. The SMILES string of the molecule is CN=C1C=C(NCc2ccccc2)CC(C)(C)C1. The van der Waals surface area contributed by atoms with Crippen LogP contribution in [0.2, 0.25) is 0 Å². The van der Waals surface area contributed by atoms with Gasteiger partial charge in [-0.05, 0) is 29.9 Å². The summed E-state index contributed by atoms with van der Waals surface area (Å²) in [5.41, 5.74) is 4.12. The van der Waals surface area contributed by atoms with Crippen LogP contribution in [0.5, 0.6) is 0 Å². The molecule has 18 heavy (non-hydrogen) atoms. The highest BCUT2D eigenvalue weighted by atomic mass is 14.9. The van der Waals surface area contributed by atoms with E-state index < -0.39 is 0 Å². The first kappa shape index (κ1) is 12.9. The minimum Gasteiger partial charge on any atom is -0.384 e. The Bertz CT molecular complexity index is 455. The number of nitrogens with zero attached hydrogens (tertiary/aromatic N) is 1. The first-order valence-corrected chi connectivity index (χ1v) is 6.53. The molecule has 2 rings (SSSR count). The summed E-state index contributed by atoms with van der Waals surface area (Å²) < 4.78 is 0. The van der Waals surface area contributed by atoms with Gasteiger partial charge in [0.05, 0.1) is 0 Å². The van der Waals surface area contributed by atoms with Gasteiger partial charge in [0, 0.05) is 25.0 Å². The molecule has 1 aromatic rings. The van der Waals surface area contributed by atoms with E-state index in [4.69, 9.17) is 0 Å². The predicted molar refractivity (Wildman–Crippen MR) is 77.7 cm³/mol. The molecule has 0 heterocycles. The van der Waals surface area contributed by atoms with E-state index in [1.165, 1.54) is 17.0 Å². The van der Waals surface area contributed by atoms with Crippen LogP contribution in [0.1, 0.15) is 32.3 Å². The average Bonchev–Trinajstić information content (AvgIpc) is 2.36. The highest BCUT2D eigenvalue weighted by Gasteiger charge is 2.25. The first-order valence-electron chi connectivity index (χ1n) is 6.53. The molecule has 2 nitrogen and oxygen atoms in total. The summed E-state index contributed by atoms with van der Waals surface area (Å²) in [7, 11) is 1.88. The van der Waals surface area contributed by atoms with Crippen molar-refractivity contribution >= 4 is 5.71 Å². The van der Waals surface area contributed by atoms with Gasteiger partial charge in [-0.3, -0.25) is 4.99 Å². The number of allylic oxidation sites excluding steroid dienone is 2. The van der Waals surface area contributed by atoms with Crippen molar-refractivity contribution in [1.29, 1.82) is 0 Å². The van der Waals surface area contributed by atoms with E-state index in [1.54, 1.807) is 0 Å². The molecule has 0 aromatic heterocycles. The molecule has 1 aromatic carbocycles. The fourth-order valence-electron chi connectivity index (χ4n) is 2.44. The van der Waals surface area contributed by atoms with E-state index in [2.05, 4.69) is 54.5 Å². The summed E-state index contributed by atoms with van der Waals surface area (Å²) in [5.74, 6) is 0. The molecule has 2 heteroatoms. The lowest BCUT2D eigenvalue weighted by Gasteiger charge is -2.31. The Hall–Kier alpha value is -1.57. The van der Waals surface area contributed by atoms with Gasteiger partial charge in [-0.1, -0.05) is 44.2 Å². The summed E-state index contributed by atoms with van der Waals surface area (Å²) in [6, 6.07) is 10.5. The first-order chi connectivity index (χ1) is 8.59. The van der Waals surface area contributed by atoms with Crippen LogP contribution in [0.3, 0.4) is 0 Å². The Labute approximate surface area is 110 Å². The maximum atomic E-state index is 4.35. The lowest BCUT2D eigenvalue weighted by Crippen LogP contribution is -2.27. The Morgan fingerprint density at radius 3 is 2.56 bits per heavy atom. The molecule has 0 saturated carbocycles. The van der Waals surface area contributed by atoms with Crippen molar-refractivity contribution in [2.75, 3.05) is 7.05 Å². The molecule has 1 aliphatic rings. The maximum absolute atomic E-state index is 4.35. The van der Waals surface area contributed by atoms with Crippen LogP contribution >= 0.6 is 0 Å². The molecule has 1 aliphatic carbocycles. The highest BCUT2D eigenvalue weighted by molar-refractivity contribution is 5.96. The van der Waals surface area contributed by atoms with Crippen molar-refractivity contribution in [3.63, 3.8) is 0 Å². The van der Waals surface area contributed by atoms with Crippen molar-refractivity contribution in [3.05, 3.63) is 47.7 Å². The van der Waals surface area contributed by atoms with E-state index in [-0.39, 0.29) is 0 Å². The molecular weight excluding hydrogens is 220 g/mol. The fraction of sp³-hybridized carbons (Fsp3) is 0.438. The van der Waals surface area contributed by atoms with Gasteiger partial charge in [0.25, 0.3) is 0 Å². The number of rotatable bonds is 3. The molecule has 0 amide bonds. The molecule has 0 aliphatic heterocycles. The van der Waals surface area contributed by atoms with Gasteiger partial charge in [-0.25, -0.2) is 0 Å². The summed E-state index contributed by atoms with van der Waals surface area (Å²) in [6.07, 6.45) is 4.37. The van der Waals surface area contributed by atoms with E-state index in [0.717, 1.165) is 19.4 Å². The lowest BCUT2D eigenvalue weighted by molar-refractivity contribution is 0.362. The van der Waals surface area contributed by atoms with Crippen LogP contribution in [-0.2, 0) is 6.54 Å². The maximum Gasteiger partial charge on any atom is 0.0397 e. The second kappa shape index (κ2) is 5.38. The van der Waals surface area contributed by atoms with Crippen molar-refractivity contribution in [3.8, 4) is 0 Å². The van der Waals surface area contributed by atoms with E-state index in [0.29, 0.717) is 5.41 Å². The fourth-order valence-corrected chi connectivity index (χ4v) is 2.44. The highest BCUT2D eigenvalue weighted by Crippen LogP contribution is 2.33. The molecule has 0 radical (unpaired) electrons. The summed E-state index contributed by atoms with van der Waals surface area (Å²) in [4.78, 5) is 4.35. The van der Waals surface area contributed by atoms with Crippen LogP contribution in [0.4, 0.5) is 0 Å². The number of benzene rings is 1. The zero-order chi connectivity index (χ0) is 13.0. The third kappa shape index (κ3) is 3.46. The minimum atomic E-state index is 0.308. The minimum absolute atomic E-state index is 0.308. The Balaban J connectivity index is 2.03. The van der Waals surface area contributed by atoms with Gasteiger partial charge in [0.2, 0.25) is 0 Å². The monoisotopic (exact) mass is 242 g/mol. The second-order valence-corrected chi connectivity index (χ2v) is 5.74. The molecule has 0 atom stereocenters. The molecule has 0 saturated heterocycles. The lowest BCUT2D eigenvalue weighted by atomic mass is 9.78. The molecule has 96 valence electrons. The van der Waals surface area contributed by atoms with Gasteiger partial charge < -0.3 is 5.32 Å². The second-order valence-electron chi connectivity index (χ2n) is 5.74. The summed E-state index contributed by atoms with van der Waals surface area (Å²) >= 11 is 0.